The quantitative estimate of drug-likeness (QED) is 0.711. The van der Waals surface area contributed by atoms with Gasteiger partial charge in [0.2, 0.25) is 0 Å². The summed E-state index contributed by atoms with van der Waals surface area (Å²) in [5.41, 5.74) is 2.76. The topological polar surface area (TPSA) is 59.4 Å². The summed E-state index contributed by atoms with van der Waals surface area (Å²) >= 11 is 0. The van der Waals surface area contributed by atoms with Gasteiger partial charge in [-0.15, -0.1) is 6.58 Å². The largest absolute Gasteiger partial charge is 0.346 e. The summed E-state index contributed by atoms with van der Waals surface area (Å²) in [7, 11) is 0. The molecule has 90 valence electrons. The van der Waals surface area contributed by atoms with E-state index in [-0.39, 0.29) is 0 Å². The van der Waals surface area contributed by atoms with Crippen molar-refractivity contribution in [1.82, 2.24) is 24.7 Å². The van der Waals surface area contributed by atoms with Gasteiger partial charge in [-0.1, -0.05) is 6.08 Å². The van der Waals surface area contributed by atoms with Crippen LogP contribution < -0.4 is 0 Å². The first-order chi connectivity index (χ1) is 8.88. The van der Waals surface area contributed by atoms with Crippen molar-refractivity contribution in [2.75, 3.05) is 0 Å². The molecule has 0 aromatic carbocycles. The number of aromatic nitrogens is 5. The first-order valence-electron chi connectivity index (χ1n) is 5.80. The van der Waals surface area contributed by atoms with E-state index in [1.807, 2.05) is 35.4 Å². The van der Waals surface area contributed by atoms with Crippen LogP contribution in [0.15, 0.2) is 43.6 Å². The molecule has 0 aliphatic carbocycles. The van der Waals surface area contributed by atoms with E-state index in [0.717, 1.165) is 35.3 Å². The van der Waals surface area contributed by atoms with Crippen molar-refractivity contribution in [1.29, 1.82) is 0 Å². The Hall–Kier alpha value is -2.43. The molecule has 0 aliphatic heterocycles. The predicted octanol–water partition coefficient (Wildman–Crippen LogP) is 2.40. The summed E-state index contributed by atoms with van der Waals surface area (Å²) in [6.07, 6.45) is 10.1. The van der Waals surface area contributed by atoms with Gasteiger partial charge in [0.15, 0.2) is 0 Å². The molecule has 3 aromatic rings. The Bertz CT molecular complexity index is 679. The molecular formula is C13H13N5. The van der Waals surface area contributed by atoms with Gasteiger partial charge in [0.25, 0.3) is 0 Å². The van der Waals surface area contributed by atoms with E-state index in [9.17, 15) is 0 Å². The molecule has 3 rings (SSSR count). The summed E-state index contributed by atoms with van der Waals surface area (Å²) in [6.45, 7) is 4.55. The Kier molecular flexibility index (Phi) is 2.64. The number of nitrogens with one attached hydrogen (secondary N) is 1. The van der Waals surface area contributed by atoms with E-state index < -0.39 is 0 Å². The average Bonchev–Trinajstić information content (AvgIpc) is 3.04. The number of fused-ring (bicyclic) bond motifs is 1. The number of aryl methyl sites for hydroxylation is 1. The molecule has 0 amide bonds. The highest BCUT2D eigenvalue weighted by Crippen LogP contribution is 2.23. The van der Waals surface area contributed by atoms with Crippen molar-refractivity contribution in [2.45, 2.75) is 13.0 Å². The van der Waals surface area contributed by atoms with Crippen LogP contribution in [0.5, 0.6) is 0 Å². The van der Waals surface area contributed by atoms with Gasteiger partial charge in [0.05, 0.1) is 11.9 Å². The van der Waals surface area contributed by atoms with Crippen molar-refractivity contribution in [2.24, 2.45) is 0 Å². The zero-order valence-electron chi connectivity index (χ0n) is 9.87. The van der Waals surface area contributed by atoms with Crippen molar-refractivity contribution in [3.05, 3.63) is 43.6 Å². The van der Waals surface area contributed by atoms with Gasteiger partial charge in [0.1, 0.15) is 12.0 Å². The number of hydrogen-bond donors (Lipinski definition) is 1. The van der Waals surface area contributed by atoms with E-state index in [2.05, 4.69) is 26.6 Å². The zero-order valence-corrected chi connectivity index (χ0v) is 9.87. The third-order valence-electron chi connectivity index (χ3n) is 2.82. The van der Waals surface area contributed by atoms with Crippen LogP contribution in [0.3, 0.4) is 0 Å². The smallest absolute Gasteiger partial charge is 0.141 e. The fourth-order valence-corrected chi connectivity index (χ4v) is 1.93. The summed E-state index contributed by atoms with van der Waals surface area (Å²) in [5.74, 6) is 0. The Morgan fingerprint density at radius 3 is 3.22 bits per heavy atom. The number of rotatable bonds is 4. The second kappa shape index (κ2) is 4.44. The third-order valence-corrected chi connectivity index (χ3v) is 2.82. The van der Waals surface area contributed by atoms with Crippen LogP contribution in [0.4, 0.5) is 0 Å². The van der Waals surface area contributed by atoms with Crippen molar-refractivity contribution in [3.8, 4) is 11.3 Å². The van der Waals surface area contributed by atoms with Crippen LogP contribution in [0.25, 0.3) is 22.3 Å². The maximum Gasteiger partial charge on any atom is 0.141 e. The Balaban J connectivity index is 2.01. The summed E-state index contributed by atoms with van der Waals surface area (Å²) in [5, 5.41) is 5.33. The van der Waals surface area contributed by atoms with Gasteiger partial charge in [-0.05, 0) is 12.5 Å². The molecule has 5 heteroatoms. The number of aromatic amines is 1. The first-order valence-corrected chi connectivity index (χ1v) is 5.80. The lowest BCUT2D eigenvalue weighted by Gasteiger charge is -1.98. The Morgan fingerprint density at radius 1 is 1.39 bits per heavy atom. The minimum atomic E-state index is 0.838. The number of hydrogen-bond acceptors (Lipinski definition) is 3. The minimum Gasteiger partial charge on any atom is -0.346 e. The molecular weight excluding hydrogens is 226 g/mol. The molecule has 18 heavy (non-hydrogen) atoms. The third kappa shape index (κ3) is 1.79. The van der Waals surface area contributed by atoms with E-state index in [1.54, 1.807) is 6.33 Å². The van der Waals surface area contributed by atoms with E-state index in [1.165, 1.54) is 0 Å². The lowest BCUT2D eigenvalue weighted by Crippen LogP contribution is -1.96. The van der Waals surface area contributed by atoms with Crippen molar-refractivity contribution in [3.63, 3.8) is 0 Å². The van der Waals surface area contributed by atoms with Crippen molar-refractivity contribution < 1.29 is 0 Å². The van der Waals surface area contributed by atoms with E-state index >= 15 is 0 Å². The summed E-state index contributed by atoms with van der Waals surface area (Å²) in [4.78, 5) is 11.6. The summed E-state index contributed by atoms with van der Waals surface area (Å²) < 4.78 is 1.90. The predicted molar refractivity (Wildman–Crippen MR) is 69.9 cm³/mol. The number of nitrogens with zero attached hydrogens (tertiary/aromatic N) is 4. The van der Waals surface area contributed by atoms with Crippen LogP contribution in [-0.4, -0.2) is 24.7 Å². The second-order valence-electron chi connectivity index (χ2n) is 4.03. The molecule has 0 saturated heterocycles. The maximum absolute atomic E-state index is 4.34. The molecule has 0 spiro atoms. The fraction of sp³-hybridized carbons (Fsp3) is 0.154. The molecule has 1 N–H and O–H groups in total. The zero-order chi connectivity index (χ0) is 12.4. The monoisotopic (exact) mass is 239 g/mol. The van der Waals surface area contributed by atoms with Crippen molar-refractivity contribution >= 4 is 11.0 Å². The molecule has 0 fully saturated rings. The molecule has 0 saturated carbocycles. The highest BCUT2D eigenvalue weighted by molar-refractivity contribution is 5.89. The fourth-order valence-electron chi connectivity index (χ4n) is 1.93. The lowest BCUT2D eigenvalue weighted by atomic mass is 10.2. The molecule has 0 unspecified atom stereocenters. The van der Waals surface area contributed by atoms with Gasteiger partial charge >= 0.3 is 0 Å². The van der Waals surface area contributed by atoms with Crippen LogP contribution in [0, 0.1) is 0 Å². The molecule has 0 aliphatic rings. The normalized spacial score (nSPS) is 10.9. The Labute approximate surface area is 104 Å². The highest BCUT2D eigenvalue weighted by Gasteiger charge is 2.08. The first kappa shape index (κ1) is 10.7. The van der Waals surface area contributed by atoms with Crippen LogP contribution in [0.2, 0.25) is 0 Å². The van der Waals surface area contributed by atoms with Gasteiger partial charge in [-0.3, -0.25) is 4.68 Å². The van der Waals surface area contributed by atoms with Crippen LogP contribution in [0.1, 0.15) is 6.42 Å². The summed E-state index contributed by atoms with van der Waals surface area (Å²) in [6, 6.07) is 1.98. The van der Waals surface area contributed by atoms with Gasteiger partial charge < -0.3 is 4.98 Å². The highest BCUT2D eigenvalue weighted by atomic mass is 15.3. The molecule has 5 nitrogen and oxygen atoms in total. The molecule has 0 atom stereocenters. The van der Waals surface area contributed by atoms with Gasteiger partial charge in [-0.25, -0.2) is 9.97 Å². The molecule has 0 bridgehead atoms. The SMILES string of the molecule is C=CCCn1cc(-c2ncnc3[nH]ccc23)cn1. The minimum absolute atomic E-state index is 0.838. The van der Waals surface area contributed by atoms with Gasteiger partial charge in [-0.2, -0.15) is 5.10 Å². The maximum atomic E-state index is 4.34. The number of H-pyrrole nitrogens is 1. The second-order valence-corrected chi connectivity index (χ2v) is 4.03. The van der Waals surface area contributed by atoms with E-state index in [0.29, 0.717) is 0 Å². The van der Waals surface area contributed by atoms with Crippen LogP contribution >= 0.6 is 0 Å². The van der Waals surface area contributed by atoms with E-state index in [4.69, 9.17) is 0 Å². The molecule has 3 heterocycles. The van der Waals surface area contributed by atoms with Crippen LogP contribution in [-0.2, 0) is 6.54 Å². The lowest BCUT2D eigenvalue weighted by molar-refractivity contribution is 0.624. The molecule has 3 aromatic heterocycles. The standard InChI is InChI=1S/C13H13N5/c1-2-3-6-18-8-10(7-17-18)12-11-4-5-14-13(11)16-9-15-12/h2,4-5,7-9H,1,3,6H2,(H,14,15,16). The Morgan fingerprint density at radius 2 is 2.33 bits per heavy atom. The number of allylic oxidation sites excluding steroid dienone is 1. The average molecular weight is 239 g/mol. The van der Waals surface area contributed by atoms with Gasteiger partial charge in [0, 0.05) is 29.9 Å². The molecule has 0 radical (unpaired) electrons.